The first-order valence-electron chi connectivity index (χ1n) is 5.17. The fourth-order valence-electron chi connectivity index (χ4n) is 1.41. The maximum Gasteiger partial charge on any atom is 0.358 e. The first-order valence-corrected chi connectivity index (χ1v) is 5.55. The zero-order valence-electron chi connectivity index (χ0n) is 9.26. The minimum atomic E-state index is -0.423. The van der Waals surface area contributed by atoms with E-state index in [0.29, 0.717) is 11.6 Å². The second-order valence-corrected chi connectivity index (χ2v) is 3.80. The third-order valence-electron chi connectivity index (χ3n) is 2.17. The molecule has 2 rings (SSSR count). The molecule has 0 aliphatic rings. The molecule has 1 aromatic heterocycles. The minimum absolute atomic E-state index is 0.284. The summed E-state index contributed by atoms with van der Waals surface area (Å²) < 4.78 is 6.58. The van der Waals surface area contributed by atoms with Crippen molar-refractivity contribution < 1.29 is 9.53 Å². The third-order valence-corrected chi connectivity index (χ3v) is 2.41. The number of nitrogens with zero attached hydrogens (tertiary/aromatic N) is 2. The molecule has 1 aromatic carbocycles. The molecule has 0 fully saturated rings. The first kappa shape index (κ1) is 11.7. The lowest BCUT2D eigenvalue weighted by Gasteiger charge is -2.01. The summed E-state index contributed by atoms with van der Waals surface area (Å²) in [6, 6.07) is 7.29. The van der Waals surface area contributed by atoms with Crippen LogP contribution >= 0.6 is 11.6 Å². The Labute approximate surface area is 104 Å². The highest BCUT2D eigenvalue weighted by atomic mass is 35.5. The van der Waals surface area contributed by atoms with Crippen LogP contribution in [0.4, 0.5) is 0 Å². The van der Waals surface area contributed by atoms with Crippen LogP contribution in [0.15, 0.2) is 36.8 Å². The van der Waals surface area contributed by atoms with Gasteiger partial charge in [-0.15, -0.1) is 0 Å². The van der Waals surface area contributed by atoms with E-state index in [2.05, 4.69) is 4.98 Å². The molecule has 0 bridgehead atoms. The zero-order valence-corrected chi connectivity index (χ0v) is 10.0. The van der Waals surface area contributed by atoms with Gasteiger partial charge in [-0.1, -0.05) is 17.7 Å². The van der Waals surface area contributed by atoms with Crippen LogP contribution in [0.3, 0.4) is 0 Å². The molecule has 4 nitrogen and oxygen atoms in total. The van der Waals surface area contributed by atoms with Gasteiger partial charge in [-0.05, 0) is 25.1 Å². The highest BCUT2D eigenvalue weighted by Gasteiger charge is 2.10. The van der Waals surface area contributed by atoms with Gasteiger partial charge in [-0.25, -0.2) is 9.78 Å². The summed E-state index contributed by atoms with van der Waals surface area (Å²) in [6.07, 6.45) is 3.17. The number of carbonyl (C=O) groups is 1. The Balaban J connectivity index is 2.27. The molecule has 0 saturated carbocycles. The molecule has 0 amide bonds. The molecular weight excluding hydrogens is 240 g/mol. The number of carbonyl (C=O) groups excluding carboxylic acids is 1. The van der Waals surface area contributed by atoms with Crippen molar-refractivity contribution >= 4 is 17.6 Å². The van der Waals surface area contributed by atoms with Crippen LogP contribution in [0, 0.1) is 0 Å². The Bertz CT molecular complexity index is 537. The van der Waals surface area contributed by atoms with Gasteiger partial charge in [0.2, 0.25) is 0 Å². The number of hydrogen-bond acceptors (Lipinski definition) is 3. The largest absolute Gasteiger partial charge is 0.461 e. The Morgan fingerprint density at radius 1 is 1.53 bits per heavy atom. The summed E-state index contributed by atoms with van der Waals surface area (Å²) in [7, 11) is 0. The SMILES string of the molecule is CCOC(=O)c1cn(-c2cccc(Cl)c2)cn1. The molecule has 0 aliphatic carbocycles. The molecule has 0 aliphatic heterocycles. The van der Waals surface area contributed by atoms with Crippen molar-refractivity contribution in [3.63, 3.8) is 0 Å². The van der Waals surface area contributed by atoms with Crippen LogP contribution in [-0.2, 0) is 4.74 Å². The molecule has 0 unspecified atom stereocenters. The van der Waals surface area contributed by atoms with Gasteiger partial charge in [0, 0.05) is 16.9 Å². The van der Waals surface area contributed by atoms with Crippen molar-refractivity contribution in [1.29, 1.82) is 0 Å². The number of rotatable bonds is 3. The van der Waals surface area contributed by atoms with E-state index in [4.69, 9.17) is 16.3 Å². The summed E-state index contributed by atoms with van der Waals surface area (Å²) in [5, 5.41) is 0.633. The standard InChI is InChI=1S/C12H11ClN2O2/c1-2-17-12(16)11-7-15(8-14-11)10-5-3-4-9(13)6-10/h3-8H,2H2,1H3. The number of ether oxygens (including phenoxy) is 1. The molecule has 0 atom stereocenters. The van der Waals surface area contributed by atoms with Crippen molar-refractivity contribution in [2.75, 3.05) is 6.61 Å². The average molecular weight is 251 g/mol. The summed E-state index contributed by atoms with van der Waals surface area (Å²) >= 11 is 5.89. The molecule has 17 heavy (non-hydrogen) atoms. The van der Waals surface area contributed by atoms with Gasteiger partial charge < -0.3 is 9.30 Å². The number of hydrogen-bond donors (Lipinski definition) is 0. The van der Waals surface area contributed by atoms with Crippen LogP contribution in [0.25, 0.3) is 5.69 Å². The Morgan fingerprint density at radius 2 is 2.35 bits per heavy atom. The van der Waals surface area contributed by atoms with Crippen molar-refractivity contribution in [3.05, 3.63) is 47.5 Å². The summed E-state index contributed by atoms with van der Waals surface area (Å²) in [6.45, 7) is 2.09. The summed E-state index contributed by atoms with van der Waals surface area (Å²) in [5.41, 5.74) is 1.13. The van der Waals surface area contributed by atoms with Crippen molar-refractivity contribution in [3.8, 4) is 5.69 Å². The fourth-order valence-corrected chi connectivity index (χ4v) is 1.60. The molecule has 88 valence electrons. The summed E-state index contributed by atoms with van der Waals surface area (Å²) in [5.74, 6) is -0.423. The van der Waals surface area contributed by atoms with Crippen LogP contribution < -0.4 is 0 Å². The summed E-state index contributed by atoms with van der Waals surface area (Å²) in [4.78, 5) is 15.4. The van der Waals surface area contributed by atoms with Crippen molar-refractivity contribution in [2.24, 2.45) is 0 Å². The third kappa shape index (κ3) is 2.65. The number of halogens is 1. The zero-order chi connectivity index (χ0) is 12.3. The van der Waals surface area contributed by atoms with Gasteiger partial charge in [-0.2, -0.15) is 0 Å². The van der Waals surface area contributed by atoms with Gasteiger partial charge in [0.25, 0.3) is 0 Å². The van der Waals surface area contributed by atoms with Gasteiger partial charge >= 0.3 is 5.97 Å². The number of aromatic nitrogens is 2. The van der Waals surface area contributed by atoms with Crippen LogP contribution in [0.2, 0.25) is 5.02 Å². The maximum absolute atomic E-state index is 11.4. The lowest BCUT2D eigenvalue weighted by atomic mass is 10.3. The minimum Gasteiger partial charge on any atom is -0.461 e. The van der Waals surface area contributed by atoms with Crippen molar-refractivity contribution in [1.82, 2.24) is 9.55 Å². The molecular formula is C12H11ClN2O2. The molecule has 0 N–H and O–H groups in total. The van der Waals surface area contributed by atoms with E-state index in [1.807, 2.05) is 12.1 Å². The van der Waals surface area contributed by atoms with E-state index < -0.39 is 5.97 Å². The van der Waals surface area contributed by atoms with E-state index in [9.17, 15) is 4.79 Å². The van der Waals surface area contributed by atoms with E-state index in [0.717, 1.165) is 5.69 Å². The van der Waals surface area contributed by atoms with Crippen molar-refractivity contribution in [2.45, 2.75) is 6.92 Å². The molecule has 2 aromatic rings. The number of imidazole rings is 1. The highest BCUT2D eigenvalue weighted by Crippen LogP contribution is 2.15. The highest BCUT2D eigenvalue weighted by molar-refractivity contribution is 6.30. The second kappa shape index (κ2) is 5.01. The lowest BCUT2D eigenvalue weighted by Crippen LogP contribution is -2.04. The van der Waals surface area contributed by atoms with Crippen LogP contribution in [0.5, 0.6) is 0 Å². The van der Waals surface area contributed by atoms with E-state index >= 15 is 0 Å². The van der Waals surface area contributed by atoms with Crippen LogP contribution in [-0.4, -0.2) is 22.1 Å². The Hall–Kier alpha value is -1.81. The normalized spacial score (nSPS) is 10.2. The van der Waals surface area contributed by atoms with Crippen LogP contribution in [0.1, 0.15) is 17.4 Å². The Morgan fingerprint density at radius 3 is 3.06 bits per heavy atom. The molecule has 0 saturated heterocycles. The van der Waals surface area contributed by atoms with Gasteiger partial charge in [-0.3, -0.25) is 0 Å². The molecule has 0 radical (unpaired) electrons. The van der Waals surface area contributed by atoms with E-state index in [-0.39, 0.29) is 5.69 Å². The topological polar surface area (TPSA) is 44.1 Å². The van der Waals surface area contributed by atoms with Gasteiger partial charge in [0.15, 0.2) is 5.69 Å². The van der Waals surface area contributed by atoms with Gasteiger partial charge in [0.1, 0.15) is 6.33 Å². The number of benzene rings is 1. The quantitative estimate of drug-likeness (QED) is 0.787. The monoisotopic (exact) mass is 250 g/mol. The Kier molecular flexibility index (Phi) is 3.44. The smallest absolute Gasteiger partial charge is 0.358 e. The maximum atomic E-state index is 11.4. The van der Waals surface area contributed by atoms with E-state index in [1.54, 1.807) is 36.1 Å². The average Bonchev–Trinajstić information content (AvgIpc) is 2.78. The lowest BCUT2D eigenvalue weighted by molar-refractivity contribution is 0.0520. The predicted molar refractivity (Wildman–Crippen MR) is 64.5 cm³/mol. The molecule has 5 heteroatoms. The fraction of sp³-hybridized carbons (Fsp3) is 0.167. The predicted octanol–water partition coefficient (Wildman–Crippen LogP) is 2.70. The van der Waals surface area contributed by atoms with Gasteiger partial charge in [0.05, 0.1) is 6.61 Å². The first-order chi connectivity index (χ1) is 8.20. The number of esters is 1. The van der Waals surface area contributed by atoms with E-state index in [1.165, 1.54) is 0 Å². The second-order valence-electron chi connectivity index (χ2n) is 3.37. The molecule has 0 spiro atoms. The molecule has 1 heterocycles.